The van der Waals surface area contributed by atoms with E-state index in [9.17, 15) is 4.79 Å². The van der Waals surface area contributed by atoms with Gasteiger partial charge in [-0.1, -0.05) is 13.3 Å². The lowest BCUT2D eigenvalue weighted by Gasteiger charge is -2.26. The molecule has 1 aliphatic rings. The second-order valence-corrected chi connectivity index (χ2v) is 5.45. The molecule has 4 heteroatoms. The lowest BCUT2D eigenvalue weighted by molar-refractivity contribution is -0.132. The number of likely N-dealkylation sites (tertiary alicyclic amines) is 1. The number of nitrogens with zero attached hydrogens (tertiary/aromatic N) is 2. The molecule has 1 aliphatic heterocycles. The van der Waals surface area contributed by atoms with Crippen molar-refractivity contribution >= 4 is 5.91 Å². The molecule has 106 valence electrons. The highest BCUT2D eigenvalue weighted by atomic mass is 16.2. The van der Waals surface area contributed by atoms with Crippen LogP contribution in [0.3, 0.4) is 0 Å². The largest absolute Gasteiger partial charge is 0.345 e. The minimum atomic E-state index is 0.0938. The maximum Gasteiger partial charge on any atom is 0.242 e. The molecule has 1 unspecified atom stereocenters. The Balaban J connectivity index is 1.90. The summed E-state index contributed by atoms with van der Waals surface area (Å²) in [6.45, 7) is 4.42. The second kappa shape index (κ2) is 6.75. The quantitative estimate of drug-likeness (QED) is 0.886. The summed E-state index contributed by atoms with van der Waals surface area (Å²) in [5, 5.41) is 0. The van der Waals surface area contributed by atoms with Crippen molar-refractivity contribution in [2.24, 2.45) is 5.73 Å². The highest BCUT2D eigenvalue weighted by Gasteiger charge is 2.16. The molecule has 1 fully saturated rings. The third-order valence-electron chi connectivity index (χ3n) is 3.83. The number of hydrogen-bond donors (Lipinski definition) is 1. The number of aromatic nitrogens is 1. The van der Waals surface area contributed by atoms with Crippen LogP contribution in [0.5, 0.6) is 0 Å². The van der Waals surface area contributed by atoms with Gasteiger partial charge < -0.3 is 15.2 Å². The first-order valence-corrected chi connectivity index (χ1v) is 7.39. The summed E-state index contributed by atoms with van der Waals surface area (Å²) in [6, 6.07) is 2.13. The Bertz CT molecular complexity index is 407. The molecule has 2 rings (SSSR count). The van der Waals surface area contributed by atoms with Gasteiger partial charge in [-0.15, -0.1) is 0 Å². The average Bonchev–Trinajstić information content (AvgIpc) is 2.88. The van der Waals surface area contributed by atoms with Crippen LogP contribution in [0, 0.1) is 0 Å². The summed E-state index contributed by atoms with van der Waals surface area (Å²) >= 11 is 0. The molecular weight excluding hydrogens is 238 g/mol. The summed E-state index contributed by atoms with van der Waals surface area (Å²) in [5.74, 6) is 0.228. The summed E-state index contributed by atoms with van der Waals surface area (Å²) in [6.07, 6.45) is 9.59. The number of rotatable bonds is 5. The first-order valence-electron chi connectivity index (χ1n) is 7.39. The second-order valence-electron chi connectivity index (χ2n) is 5.45. The summed E-state index contributed by atoms with van der Waals surface area (Å²) in [5.41, 5.74) is 7.22. The highest BCUT2D eigenvalue weighted by molar-refractivity contribution is 5.76. The van der Waals surface area contributed by atoms with Crippen LogP contribution in [0.15, 0.2) is 18.5 Å². The van der Waals surface area contributed by atoms with Crippen molar-refractivity contribution in [3.05, 3.63) is 24.0 Å². The SMILES string of the molecule is CCCC(N)c1ccn(CC(=O)N2CCCCC2)c1. The number of carbonyl (C=O) groups is 1. The van der Waals surface area contributed by atoms with Crippen LogP contribution in [0.4, 0.5) is 0 Å². The van der Waals surface area contributed by atoms with Gasteiger partial charge in [-0.2, -0.15) is 0 Å². The Morgan fingerprint density at radius 1 is 1.37 bits per heavy atom. The van der Waals surface area contributed by atoms with E-state index in [0.717, 1.165) is 44.3 Å². The molecule has 1 aromatic heterocycles. The van der Waals surface area contributed by atoms with E-state index in [-0.39, 0.29) is 11.9 Å². The topological polar surface area (TPSA) is 51.3 Å². The van der Waals surface area contributed by atoms with Crippen molar-refractivity contribution in [3.63, 3.8) is 0 Å². The standard InChI is InChI=1S/C15H25N3O/c1-2-6-14(16)13-7-10-17(11-13)12-15(19)18-8-4-3-5-9-18/h7,10-11,14H,2-6,8-9,12,16H2,1H3. The molecular formula is C15H25N3O. The van der Waals surface area contributed by atoms with Gasteiger partial charge in [0.25, 0.3) is 0 Å². The Labute approximate surface area is 115 Å². The first-order chi connectivity index (χ1) is 9.20. The van der Waals surface area contributed by atoms with Crippen LogP contribution < -0.4 is 5.73 Å². The molecule has 4 nitrogen and oxygen atoms in total. The van der Waals surface area contributed by atoms with Gasteiger partial charge >= 0.3 is 0 Å². The van der Waals surface area contributed by atoms with Crippen molar-refractivity contribution in [1.82, 2.24) is 9.47 Å². The van der Waals surface area contributed by atoms with Gasteiger partial charge in [-0.05, 0) is 37.3 Å². The third kappa shape index (κ3) is 3.83. The van der Waals surface area contributed by atoms with E-state index < -0.39 is 0 Å². The highest BCUT2D eigenvalue weighted by Crippen LogP contribution is 2.16. The predicted molar refractivity (Wildman–Crippen MR) is 76.7 cm³/mol. The van der Waals surface area contributed by atoms with Gasteiger partial charge in [0.05, 0.1) is 0 Å². The molecule has 1 saturated heterocycles. The molecule has 0 aliphatic carbocycles. The van der Waals surface area contributed by atoms with Gasteiger partial charge in [-0.3, -0.25) is 4.79 Å². The molecule has 0 saturated carbocycles. The fourth-order valence-electron chi connectivity index (χ4n) is 2.65. The fourth-order valence-corrected chi connectivity index (χ4v) is 2.65. The van der Waals surface area contributed by atoms with E-state index in [1.807, 2.05) is 27.9 Å². The zero-order chi connectivity index (χ0) is 13.7. The van der Waals surface area contributed by atoms with Crippen molar-refractivity contribution in [1.29, 1.82) is 0 Å². The fraction of sp³-hybridized carbons (Fsp3) is 0.667. The average molecular weight is 263 g/mol. The number of amides is 1. The van der Waals surface area contributed by atoms with Crippen LogP contribution in [0.2, 0.25) is 0 Å². The van der Waals surface area contributed by atoms with Gasteiger partial charge in [0.2, 0.25) is 5.91 Å². The number of piperidine rings is 1. The normalized spacial score (nSPS) is 17.5. The van der Waals surface area contributed by atoms with E-state index in [0.29, 0.717) is 6.54 Å². The van der Waals surface area contributed by atoms with Crippen LogP contribution in [0.1, 0.15) is 50.6 Å². The first kappa shape index (κ1) is 14.1. The predicted octanol–water partition coefficient (Wildman–Crippen LogP) is 2.30. The Kier molecular flexibility index (Phi) is 5.02. The van der Waals surface area contributed by atoms with Gasteiger partial charge in [0, 0.05) is 31.5 Å². The molecule has 0 bridgehead atoms. The molecule has 0 aromatic carbocycles. The lowest BCUT2D eigenvalue weighted by atomic mass is 10.1. The number of carbonyl (C=O) groups excluding carboxylic acids is 1. The van der Waals surface area contributed by atoms with E-state index in [1.165, 1.54) is 6.42 Å². The van der Waals surface area contributed by atoms with Crippen molar-refractivity contribution in [3.8, 4) is 0 Å². The maximum absolute atomic E-state index is 12.1. The maximum atomic E-state index is 12.1. The zero-order valence-corrected chi connectivity index (χ0v) is 11.8. The molecule has 0 spiro atoms. The Morgan fingerprint density at radius 3 is 2.79 bits per heavy atom. The van der Waals surface area contributed by atoms with E-state index in [1.54, 1.807) is 0 Å². The number of nitrogens with two attached hydrogens (primary N) is 1. The Morgan fingerprint density at radius 2 is 2.11 bits per heavy atom. The van der Waals surface area contributed by atoms with Gasteiger partial charge in [0.15, 0.2) is 0 Å². The van der Waals surface area contributed by atoms with E-state index in [4.69, 9.17) is 5.73 Å². The minimum Gasteiger partial charge on any atom is -0.345 e. The zero-order valence-electron chi connectivity index (χ0n) is 11.8. The van der Waals surface area contributed by atoms with E-state index >= 15 is 0 Å². The van der Waals surface area contributed by atoms with Crippen molar-refractivity contribution < 1.29 is 4.79 Å². The van der Waals surface area contributed by atoms with Crippen LogP contribution in [0.25, 0.3) is 0 Å². The molecule has 2 N–H and O–H groups in total. The Hall–Kier alpha value is -1.29. The van der Waals surface area contributed by atoms with Crippen LogP contribution in [-0.4, -0.2) is 28.5 Å². The van der Waals surface area contributed by atoms with Crippen LogP contribution in [-0.2, 0) is 11.3 Å². The monoisotopic (exact) mass is 263 g/mol. The summed E-state index contributed by atoms with van der Waals surface area (Å²) in [7, 11) is 0. The molecule has 19 heavy (non-hydrogen) atoms. The molecule has 1 aromatic rings. The molecule has 1 atom stereocenters. The summed E-state index contributed by atoms with van der Waals surface area (Å²) in [4.78, 5) is 14.1. The van der Waals surface area contributed by atoms with Gasteiger partial charge in [0.1, 0.15) is 6.54 Å². The smallest absolute Gasteiger partial charge is 0.242 e. The van der Waals surface area contributed by atoms with Gasteiger partial charge in [-0.25, -0.2) is 0 Å². The van der Waals surface area contributed by atoms with Crippen molar-refractivity contribution in [2.45, 2.75) is 51.6 Å². The molecule has 1 amide bonds. The van der Waals surface area contributed by atoms with E-state index in [2.05, 4.69) is 6.92 Å². The van der Waals surface area contributed by atoms with Crippen LogP contribution >= 0.6 is 0 Å². The number of hydrogen-bond acceptors (Lipinski definition) is 2. The molecule has 2 heterocycles. The minimum absolute atomic E-state index is 0.0938. The third-order valence-corrected chi connectivity index (χ3v) is 3.83. The lowest BCUT2D eigenvalue weighted by Crippen LogP contribution is -2.37. The van der Waals surface area contributed by atoms with Crippen molar-refractivity contribution in [2.75, 3.05) is 13.1 Å². The summed E-state index contributed by atoms with van der Waals surface area (Å²) < 4.78 is 1.96. The molecule has 0 radical (unpaired) electrons.